The molecule has 0 atom stereocenters. The number of hydrogen-bond donors (Lipinski definition) is 0. The van der Waals surface area contributed by atoms with Crippen LogP contribution in [0, 0.1) is 54.6 Å². The maximum Gasteiger partial charge on any atom is 0.198 e. The second kappa shape index (κ2) is 5.86. The highest BCUT2D eigenvalue weighted by Gasteiger charge is 2.30. The fourth-order valence-corrected chi connectivity index (χ4v) is 2.56. The molecule has 2 aromatic carbocycles. The van der Waals surface area contributed by atoms with Crippen LogP contribution in [0.4, 0.5) is 30.7 Å². The van der Waals surface area contributed by atoms with Gasteiger partial charge in [0.25, 0.3) is 0 Å². The zero-order chi connectivity index (χ0) is 17.6. The minimum atomic E-state index is -2.15. The minimum absolute atomic E-state index is 0.0607. The molecular weight excluding hydrogens is 325 g/mol. The molecule has 0 aromatic heterocycles. The van der Waals surface area contributed by atoms with Crippen LogP contribution >= 0.6 is 0 Å². The van der Waals surface area contributed by atoms with Gasteiger partial charge in [0.05, 0.1) is 0 Å². The van der Waals surface area contributed by atoms with Gasteiger partial charge in [-0.2, -0.15) is 0 Å². The van der Waals surface area contributed by atoms with Crippen molar-refractivity contribution in [1.82, 2.24) is 0 Å². The average Bonchev–Trinajstić information content (AvgIpc) is 2.54. The SMILES string of the molecule is CCc1c(C)c(F)c(F)c(F)c1-c1c(C)c(F)c(F)c(F)c1F. The lowest BCUT2D eigenvalue weighted by molar-refractivity contribution is 0.406. The molecule has 2 rings (SSSR count). The lowest BCUT2D eigenvalue weighted by Gasteiger charge is -2.18. The van der Waals surface area contributed by atoms with E-state index in [-0.39, 0.29) is 17.5 Å². The van der Waals surface area contributed by atoms with Crippen molar-refractivity contribution in [3.8, 4) is 11.1 Å². The van der Waals surface area contributed by atoms with E-state index in [4.69, 9.17) is 0 Å². The summed E-state index contributed by atoms with van der Waals surface area (Å²) in [6, 6.07) is 0. The van der Waals surface area contributed by atoms with Crippen molar-refractivity contribution >= 4 is 0 Å². The van der Waals surface area contributed by atoms with E-state index < -0.39 is 57.4 Å². The van der Waals surface area contributed by atoms with E-state index in [2.05, 4.69) is 0 Å². The highest BCUT2D eigenvalue weighted by atomic mass is 19.2. The molecule has 0 amide bonds. The first-order valence-corrected chi connectivity index (χ1v) is 6.63. The molecule has 2 aromatic rings. The molecule has 0 heterocycles. The Morgan fingerprint density at radius 3 is 1.43 bits per heavy atom. The summed E-state index contributed by atoms with van der Waals surface area (Å²) in [5.41, 5.74) is -2.98. The van der Waals surface area contributed by atoms with Gasteiger partial charge in [-0.25, -0.2) is 30.7 Å². The Hall–Kier alpha value is -2.05. The smallest absolute Gasteiger partial charge is 0.198 e. The average molecular weight is 336 g/mol. The zero-order valence-electron chi connectivity index (χ0n) is 12.4. The Morgan fingerprint density at radius 2 is 0.913 bits per heavy atom. The number of benzene rings is 2. The van der Waals surface area contributed by atoms with E-state index in [1.165, 1.54) is 6.92 Å². The minimum Gasteiger partial charge on any atom is -0.203 e. The predicted molar refractivity (Wildman–Crippen MR) is 70.4 cm³/mol. The highest BCUT2D eigenvalue weighted by molar-refractivity contribution is 5.73. The summed E-state index contributed by atoms with van der Waals surface area (Å²) in [5, 5.41) is 0. The second-order valence-corrected chi connectivity index (χ2v) is 5.03. The van der Waals surface area contributed by atoms with Gasteiger partial charge in [-0.3, -0.25) is 0 Å². The van der Waals surface area contributed by atoms with Crippen LogP contribution in [0.15, 0.2) is 0 Å². The molecule has 0 radical (unpaired) electrons. The van der Waals surface area contributed by atoms with Crippen molar-refractivity contribution in [1.29, 1.82) is 0 Å². The Labute approximate surface area is 127 Å². The quantitative estimate of drug-likeness (QED) is 0.386. The molecule has 0 aliphatic carbocycles. The fraction of sp³-hybridized carbons (Fsp3) is 0.250. The summed E-state index contributed by atoms with van der Waals surface area (Å²) in [7, 11) is 0. The van der Waals surface area contributed by atoms with Gasteiger partial charge in [0, 0.05) is 11.1 Å². The normalized spacial score (nSPS) is 11.2. The predicted octanol–water partition coefficient (Wildman–Crippen LogP) is 5.51. The molecule has 124 valence electrons. The Kier molecular flexibility index (Phi) is 4.41. The molecule has 0 spiro atoms. The van der Waals surface area contributed by atoms with Gasteiger partial charge >= 0.3 is 0 Å². The summed E-state index contributed by atoms with van der Waals surface area (Å²) < 4.78 is 96.0. The first-order valence-electron chi connectivity index (χ1n) is 6.63. The summed E-state index contributed by atoms with van der Waals surface area (Å²) in [6.07, 6.45) is -0.0607. The van der Waals surface area contributed by atoms with E-state index in [0.29, 0.717) is 0 Å². The zero-order valence-corrected chi connectivity index (χ0v) is 12.4. The first kappa shape index (κ1) is 17.3. The molecule has 0 aliphatic heterocycles. The molecule has 0 aliphatic rings. The first-order chi connectivity index (χ1) is 10.6. The Morgan fingerprint density at radius 1 is 0.522 bits per heavy atom. The summed E-state index contributed by atoms with van der Waals surface area (Å²) >= 11 is 0. The summed E-state index contributed by atoms with van der Waals surface area (Å²) in [4.78, 5) is 0. The summed E-state index contributed by atoms with van der Waals surface area (Å²) in [6.45, 7) is 3.47. The molecule has 0 N–H and O–H groups in total. The maximum absolute atomic E-state index is 14.2. The topological polar surface area (TPSA) is 0 Å². The van der Waals surface area contributed by atoms with Crippen molar-refractivity contribution in [2.45, 2.75) is 27.2 Å². The number of halogens is 7. The van der Waals surface area contributed by atoms with E-state index in [9.17, 15) is 30.7 Å². The van der Waals surface area contributed by atoms with Gasteiger partial charge in [0.1, 0.15) is 0 Å². The van der Waals surface area contributed by atoms with Crippen molar-refractivity contribution < 1.29 is 30.7 Å². The molecule has 23 heavy (non-hydrogen) atoms. The molecule has 0 saturated carbocycles. The second-order valence-electron chi connectivity index (χ2n) is 5.03. The summed E-state index contributed by atoms with van der Waals surface area (Å²) in [5.74, 6) is -12.9. The van der Waals surface area contributed by atoms with Gasteiger partial charge < -0.3 is 0 Å². The van der Waals surface area contributed by atoms with Crippen LogP contribution in [0.5, 0.6) is 0 Å². The number of hydrogen-bond acceptors (Lipinski definition) is 0. The van der Waals surface area contributed by atoms with E-state index in [1.54, 1.807) is 0 Å². The number of rotatable bonds is 2. The monoisotopic (exact) mass is 336 g/mol. The van der Waals surface area contributed by atoms with Crippen LogP contribution < -0.4 is 0 Å². The van der Waals surface area contributed by atoms with Crippen LogP contribution in [0.2, 0.25) is 0 Å². The molecular formula is C16H11F7. The van der Waals surface area contributed by atoms with Crippen LogP contribution in [0.25, 0.3) is 11.1 Å². The van der Waals surface area contributed by atoms with Crippen molar-refractivity contribution in [3.05, 3.63) is 57.4 Å². The van der Waals surface area contributed by atoms with E-state index in [1.807, 2.05) is 0 Å². The van der Waals surface area contributed by atoms with E-state index in [0.717, 1.165) is 13.8 Å². The van der Waals surface area contributed by atoms with E-state index >= 15 is 0 Å². The molecule has 0 bridgehead atoms. The largest absolute Gasteiger partial charge is 0.203 e. The third kappa shape index (κ3) is 2.38. The molecule has 0 fully saturated rings. The van der Waals surface area contributed by atoms with Crippen molar-refractivity contribution in [2.75, 3.05) is 0 Å². The van der Waals surface area contributed by atoms with Gasteiger partial charge in [0.15, 0.2) is 40.7 Å². The molecule has 0 saturated heterocycles. The maximum atomic E-state index is 14.2. The van der Waals surface area contributed by atoms with Gasteiger partial charge in [-0.1, -0.05) is 6.92 Å². The van der Waals surface area contributed by atoms with Crippen LogP contribution in [-0.2, 0) is 6.42 Å². The standard InChI is InChI=1S/C16H11F7/c1-4-7-5(2)10(17)14(21)13(20)9(7)8-6(3)11(18)15(22)16(23)12(8)19/h4H2,1-3H3. The van der Waals surface area contributed by atoms with Gasteiger partial charge in [-0.15, -0.1) is 0 Å². The molecule has 0 nitrogen and oxygen atoms in total. The molecule has 0 unspecified atom stereocenters. The van der Waals surface area contributed by atoms with Gasteiger partial charge in [-0.05, 0) is 37.0 Å². The van der Waals surface area contributed by atoms with Crippen LogP contribution in [-0.4, -0.2) is 0 Å². The van der Waals surface area contributed by atoms with Crippen LogP contribution in [0.1, 0.15) is 23.6 Å². The Balaban J connectivity index is 3.06. The lowest BCUT2D eigenvalue weighted by atomic mass is 9.90. The van der Waals surface area contributed by atoms with Gasteiger partial charge in [0.2, 0.25) is 0 Å². The third-order valence-corrected chi connectivity index (χ3v) is 3.79. The molecule has 7 heteroatoms. The van der Waals surface area contributed by atoms with Crippen molar-refractivity contribution in [2.24, 2.45) is 0 Å². The fourth-order valence-electron chi connectivity index (χ4n) is 2.56. The van der Waals surface area contributed by atoms with Crippen LogP contribution in [0.3, 0.4) is 0 Å². The Bertz CT molecular complexity index is 780. The third-order valence-electron chi connectivity index (χ3n) is 3.79. The highest BCUT2D eigenvalue weighted by Crippen LogP contribution is 2.38. The lowest BCUT2D eigenvalue weighted by Crippen LogP contribution is -2.09. The van der Waals surface area contributed by atoms with Crippen molar-refractivity contribution in [3.63, 3.8) is 0 Å².